The van der Waals surface area contributed by atoms with Gasteiger partial charge >= 0.3 is 21.1 Å². The molecule has 0 saturated carbocycles. The van der Waals surface area contributed by atoms with E-state index in [-0.39, 0.29) is 26.8 Å². The maximum atomic E-state index is 14.0. The van der Waals surface area contributed by atoms with E-state index in [1.165, 1.54) is 4.68 Å². The molecule has 0 aliphatic rings. The van der Waals surface area contributed by atoms with Gasteiger partial charge < -0.3 is 9.97 Å². The molecule has 0 spiro atoms. The molecule has 0 aliphatic heterocycles. The van der Waals surface area contributed by atoms with E-state index in [4.69, 9.17) is 11.6 Å². The number of halogens is 2. The predicted molar refractivity (Wildman–Crippen MR) is 107 cm³/mol. The average Bonchev–Trinajstić information content (AvgIpc) is 3.25. The van der Waals surface area contributed by atoms with E-state index in [1.54, 1.807) is 30.5 Å². The molecule has 0 fully saturated rings. The van der Waals surface area contributed by atoms with Crippen molar-refractivity contribution in [3.05, 3.63) is 102 Å². The molecule has 0 N–H and O–H groups in total. The molecule has 0 radical (unpaired) electrons. The minimum atomic E-state index is -0.988. The zero-order valence-corrected chi connectivity index (χ0v) is 18.8. The molecule has 4 aromatic rings. The van der Waals surface area contributed by atoms with E-state index in [1.807, 2.05) is 32.0 Å². The molecule has 156 valence electrons. The van der Waals surface area contributed by atoms with Gasteiger partial charge in [0, 0.05) is 17.6 Å². The van der Waals surface area contributed by atoms with Crippen molar-refractivity contribution in [2.75, 3.05) is 0 Å². The molecule has 31 heavy (non-hydrogen) atoms. The quantitative estimate of drug-likeness (QED) is 0.245. The fraction of sp³-hybridized carbons (Fsp3) is 0.130. The number of hydrogen-bond donors (Lipinski definition) is 0. The summed E-state index contributed by atoms with van der Waals surface area (Å²) in [7, 11) is 0. The van der Waals surface area contributed by atoms with E-state index < -0.39 is 17.3 Å². The molecule has 8 heteroatoms. The van der Waals surface area contributed by atoms with Crippen LogP contribution in [-0.4, -0.2) is 19.7 Å². The number of nitrogens with zero attached hydrogens (tertiary/aromatic N) is 5. The second kappa shape index (κ2) is 8.87. The standard InChI is InChI=1S/C23H15F2N5.Pt/c1-23(2,20-12-13-30(29-20)18-10-11-21(24)28-22(18)25)19-9-5-8-17(27-19)15-6-4-7-16(14-15)26-3;/h4-5,7-9,11-14H,1-2H3;/q-2;+2. The zero-order valence-electron chi connectivity index (χ0n) is 16.5. The van der Waals surface area contributed by atoms with E-state index in [9.17, 15) is 8.78 Å². The molecule has 0 saturated heterocycles. The Kier molecular flexibility index (Phi) is 6.42. The summed E-state index contributed by atoms with van der Waals surface area (Å²) in [6.07, 6.45) is 1.57. The van der Waals surface area contributed by atoms with Gasteiger partial charge in [0.1, 0.15) is 11.6 Å². The average molecular weight is 594 g/mol. The van der Waals surface area contributed by atoms with Gasteiger partial charge in [-0.05, 0) is 31.7 Å². The van der Waals surface area contributed by atoms with Gasteiger partial charge in [0.25, 0.3) is 0 Å². The molecule has 0 amide bonds. The Balaban J connectivity index is 0.00000272. The number of aromatic nitrogens is 4. The molecule has 5 nitrogen and oxygen atoms in total. The van der Waals surface area contributed by atoms with Crippen LogP contribution in [0.5, 0.6) is 0 Å². The van der Waals surface area contributed by atoms with Gasteiger partial charge in [-0.25, -0.2) is 0 Å². The van der Waals surface area contributed by atoms with E-state index >= 15 is 0 Å². The van der Waals surface area contributed by atoms with Crippen molar-refractivity contribution in [3.8, 4) is 16.9 Å². The van der Waals surface area contributed by atoms with Crippen molar-refractivity contribution < 1.29 is 29.8 Å². The van der Waals surface area contributed by atoms with Crippen LogP contribution in [0, 0.1) is 30.6 Å². The predicted octanol–water partition coefficient (Wildman–Crippen LogP) is 5.08. The second-order valence-electron chi connectivity index (χ2n) is 7.11. The van der Waals surface area contributed by atoms with E-state index in [0.717, 1.165) is 17.3 Å². The monoisotopic (exact) mass is 594 g/mol. The topological polar surface area (TPSA) is 48.0 Å². The summed E-state index contributed by atoms with van der Waals surface area (Å²) in [5.74, 6) is -1.93. The Morgan fingerprint density at radius 2 is 1.87 bits per heavy atom. The fourth-order valence-electron chi connectivity index (χ4n) is 3.04. The van der Waals surface area contributed by atoms with Gasteiger partial charge in [0.2, 0.25) is 0 Å². The van der Waals surface area contributed by atoms with Crippen LogP contribution in [0.25, 0.3) is 21.8 Å². The molecule has 3 heterocycles. The summed E-state index contributed by atoms with van der Waals surface area (Å²) in [6, 6.07) is 19.1. The van der Waals surface area contributed by atoms with E-state index in [0.29, 0.717) is 17.1 Å². The second-order valence-corrected chi connectivity index (χ2v) is 7.11. The van der Waals surface area contributed by atoms with Gasteiger partial charge in [-0.1, -0.05) is 12.1 Å². The summed E-state index contributed by atoms with van der Waals surface area (Å²) in [5.41, 5.74) is 2.64. The van der Waals surface area contributed by atoms with Crippen molar-refractivity contribution in [3.63, 3.8) is 0 Å². The van der Waals surface area contributed by atoms with Crippen molar-refractivity contribution >= 4 is 5.69 Å². The third-order valence-corrected chi connectivity index (χ3v) is 4.77. The molecular weight excluding hydrogens is 579 g/mol. The first-order chi connectivity index (χ1) is 14.4. The summed E-state index contributed by atoms with van der Waals surface area (Å²) in [5, 5.41) is 4.44. The summed E-state index contributed by atoms with van der Waals surface area (Å²) < 4.78 is 28.3. The van der Waals surface area contributed by atoms with Gasteiger partial charge in [0.15, 0.2) is 0 Å². The molecule has 1 aromatic carbocycles. The first-order valence-corrected chi connectivity index (χ1v) is 9.06. The van der Waals surface area contributed by atoms with E-state index in [2.05, 4.69) is 27.1 Å². The third-order valence-electron chi connectivity index (χ3n) is 4.77. The molecule has 4 rings (SSSR count). The smallest absolute Gasteiger partial charge is 0.322 e. The van der Waals surface area contributed by atoms with Gasteiger partial charge in [-0.15, -0.1) is 35.9 Å². The Morgan fingerprint density at radius 3 is 2.61 bits per heavy atom. The van der Waals surface area contributed by atoms with Gasteiger partial charge in [-0.3, -0.25) is 18.3 Å². The molecular formula is C23H15F2N5Pt. The first-order valence-electron chi connectivity index (χ1n) is 9.06. The van der Waals surface area contributed by atoms with Crippen LogP contribution < -0.4 is 0 Å². The van der Waals surface area contributed by atoms with Crippen molar-refractivity contribution in [1.29, 1.82) is 0 Å². The van der Waals surface area contributed by atoms with Crippen LogP contribution in [0.1, 0.15) is 25.2 Å². The molecule has 0 atom stereocenters. The maximum Gasteiger partial charge on any atom is 2.00 e. The van der Waals surface area contributed by atoms with Crippen LogP contribution in [0.4, 0.5) is 14.5 Å². The van der Waals surface area contributed by atoms with Crippen LogP contribution in [0.15, 0.2) is 54.7 Å². The van der Waals surface area contributed by atoms with Crippen molar-refractivity contribution in [2.24, 2.45) is 0 Å². The van der Waals surface area contributed by atoms with Gasteiger partial charge in [0.05, 0.1) is 23.6 Å². The maximum absolute atomic E-state index is 14.0. The summed E-state index contributed by atoms with van der Waals surface area (Å²) >= 11 is 0. The fourth-order valence-corrected chi connectivity index (χ4v) is 3.04. The Labute approximate surface area is 192 Å². The molecule has 3 aromatic heterocycles. The van der Waals surface area contributed by atoms with Crippen molar-refractivity contribution in [2.45, 2.75) is 19.3 Å². The SMILES string of the molecule is [C-]#[N+]c1cc[c-]c(-c2cccc(C(C)(C)c3ccn(-c4[c-]cc(F)nc4F)n3)n2)c1.[Pt+2]. The normalized spacial score (nSPS) is 10.9. The Hall–Kier alpha value is -3.23. The van der Waals surface area contributed by atoms with Crippen LogP contribution in [0.2, 0.25) is 0 Å². The van der Waals surface area contributed by atoms with Crippen LogP contribution in [-0.2, 0) is 26.5 Å². The number of pyridine rings is 2. The number of hydrogen-bond acceptors (Lipinski definition) is 3. The first kappa shape index (κ1) is 22.5. The third kappa shape index (κ3) is 4.45. The summed E-state index contributed by atoms with van der Waals surface area (Å²) in [6.45, 7) is 11.1. The zero-order chi connectivity index (χ0) is 21.3. The summed E-state index contributed by atoms with van der Waals surface area (Å²) in [4.78, 5) is 11.4. The van der Waals surface area contributed by atoms with Gasteiger partial charge in [-0.2, -0.15) is 11.2 Å². The molecule has 0 unspecified atom stereocenters. The molecule has 0 aliphatic carbocycles. The Morgan fingerprint density at radius 1 is 1.06 bits per heavy atom. The minimum absolute atomic E-state index is 0. The Bertz CT molecular complexity index is 1280. The minimum Gasteiger partial charge on any atom is -0.322 e. The van der Waals surface area contributed by atoms with Crippen molar-refractivity contribution in [1.82, 2.24) is 19.7 Å². The van der Waals surface area contributed by atoms with Crippen LogP contribution in [0.3, 0.4) is 0 Å². The molecule has 0 bridgehead atoms. The number of rotatable bonds is 4. The van der Waals surface area contributed by atoms with Crippen LogP contribution >= 0.6 is 0 Å². The largest absolute Gasteiger partial charge is 2.00 e. The number of benzene rings is 1.